The van der Waals surface area contributed by atoms with Crippen molar-refractivity contribution in [2.24, 2.45) is 0 Å². The van der Waals surface area contributed by atoms with Gasteiger partial charge in [0.2, 0.25) is 5.91 Å². The molecule has 0 saturated carbocycles. The van der Waals surface area contributed by atoms with Crippen LogP contribution in [0.1, 0.15) is 11.1 Å². The Kier molecular flexibility index (Phi) is 7.99. The van der Waals surface area contributed by atoms with Crippen LogP contribution >= 0.6 is 27.7 Å². The average molecular weight is 603 g/mol. The molecule has 0 bridgehead atoms. The summed E-state index contributed by atoms with van der Waals surface area (Å²) < 4.78 is 12.3. The van der Waals surface area contributed by atoms with Gasteiger partial charge < -0.3 is 14.8 Å². The quantitative estimate of drug-likeness (QED) is 0.222. The van der Waals surface area contributed by atoms with Crippen molar-refractivity contribution in [1.29, 1.82) is 0 Å². The van der Waals surface area contributed by atoms with Gasteiger partial charge in [0.15, 0.2) is 0 Å². The second-order valence-electron chi connectivity index (χ2n) is 8.66. The van der Waals surface area contributed by atoms with E-state index >= 15 is 0 Å². The number of benzene rings is 4. The minimum absolute atomic E-state index is 0.224. The molecule has 0 atom stereocenters. The van der Waals surface area contributed by atoms with Crippen LogP contribution in [-0.4, -0.2) is 35.6 Å². The van der Waals surface area contributed by atoms with Crippen LogP contribution in [0.5, 0.6) is 11.5 Å². The summed E-state index contributed by atoms with van der Waals surface area (Å²) in [6.45, 7) is -0.0596. The van der Waals surface area contributed by atoms with Crippen molar-refractivity contribution < 1.29 is 23.9 Å². The monoisotopic (exact) mass is 602 g/mol. The van der Waals surface area contributed by atoms with Crippen LogP contribution in [-0.2, 0) is 16.2 Å². The summed E-state index contributed by atoms with van der Waals surface area (Å²) in [4.78, 5) is 39.7. The number of nitrogens with zero attached hydrogens (tertiary/aromatic N) is 1. The van der Waals surface area contributed by atoms with Gasteiger partial charge >= 0.3 is 0 Å². The van der Waals surface area contributed by atoms with Gasteiger partial charge in [-0.2, -0.15) is 0 Å². The highest BCUT2D eigenvalue weighted by molar-refractivity contribution is 9.10. The van der Waals surface area contributed by atoms with Gasteiger partial charge in [-0.1, -0.05) is 58.4 Å². The van der Waals surface area contributed by atoms with Crippen LogP contribution in [0.3, 0.4) is 0 Å². The van der Waals surface area contributed by atoms with E-state index in [1.165, 1.54) is 0 Å². The average Bonchev–Trinajstić information content (AvgIpc) is 3.21. The Hall–Kier alpha value is -4.08. The van der Waals surface area contributed by atoms with Gasteiger partial charge in [0.05, 0.1) is 12.0 Å². The molecule has 0 radical (unpaired) electrons. The molecule has 5 rings (SSSR count). The van der Waals surface area contributed by atoms with Crippen molar-refractivity contribution in [3.63, 3.8) is 0 Å². The molecule has 1 heterocycles. The minimum atomic E-state index is -0.526. The van der Waals surface area contributed by atoms with Gasteiger partial charge in [-0.25, -0.2) is 0 Å². The molecule has 0 unspecified atom stereocenters. The molecule has 4 aromatic rings. The molecular formula is C30H23BrN2O5S. The van der Waals surface area contributed by atoms with Gasteiger partial charge in [-0.3, -0.25) is 19.3 Å². The number of nitrogens with one attached hydrogen (secondary N) is 1. The van der Waals surface area contributed by atoms with Gasteiger partial charge in [-0.15, -0.1) is 0 Å². The zero-order valence-corrected chi connectivity index (χ0v) is 23.3. The smallest absolute Gasteiger partial charge is 0.294 e. The number of ether oxygens (including phenoxy) is 2. The first-order chi connectivity index (χ1) is 18.9. The van der Waals surface area contributed by atoms with Crippen LogP contribution in [0.15, 0.2) is 94.3 Å². The van der Waals surface area contributed by atoms with E-state index < -0.39 is 23.6 Å². The molecule has 4 aromatic carbocycles. The second kappa shape index (κ2) is 11.8. The lowest BCUT2D eigenvalue weighted by atomic mass is 10.0. The molecule has 1 saturated heterocycles. The van der Waals surface area contributed by atoms with Gasteiger partial charge in [0, 0.05) is 15.7 Å². The Bertz CT molecular complexity index is 1590. The Labute approximate surface area is 237 Å². The standard InChI is InChI=1S/C30H23BrN2O5S/c1-37-23-13-11-22(12-14-23)32-28(34)17-33-29(35)27(39-30(33)36)16-25-24-5-3-2-4-20(24)8-15-26(25)38-18-19-6-9-21(31)10-7-19/h2-16H,17-18H2,1H3,(H,32,34)/b27-16+. The van der Waals surface area contributed by atoms with E-state index in [0.717, 1.165) is 37.5 Å². The zero-order chi connectivity index (χ0) is 27.4. The molecule has 1 fully saturated rings. The number of carbonyl (C=O) groups excluding carboxylic acids is 3. The normalized spacial score (nSPS) is 14.2. The highest BCUT2D eigenvalue weighted by Gasteiger charge is 2.36. The predicted octanol–water partition coefficient (Wildman–Crippen LogP) is 6.86. The molecule has 9 heteroatoms. The third kappa shape index (κ3) is 6.16. The lowest BCUT2D eigenvalue weighted by Crippen LogP contribution is -2.36. The lowest BCUT2D eigenvalue weighted by molar-refractivity contribution is -0.127. The van der Waals surface area contributed by atoms with Crippen molar-refractivity contribution in [3.8, 4) is 11.5 Å². The van der Waals surface area contributed by atoms with Crippen molar-refractivity contribution >= 4 is 67.3 Å². The van der Waals surface area contributed by atoms with E-state index in [0.29, 0.717) is 29.4 Å². The van der Waals surface area contributed by atoms with E-state index in [-0.39, 0.29) is 4.91 Å². The number of hydrogen-bond acceptors (Lipinski definition) is 6. The highest BCUT2D eigenvalue weighted by Crippen LogP contribution is 2.37. The summed E-state index contributed by atoms with van der Waals surface area (Å²) in [5.41, 5.74) is 2.21. The molecule has 39 heavy (non-hydrogen) atoms. The van der Waals surface area contributed by atoms with E-state index in [1.54, 1.807) is 37.5 Å². The number of thioether (sulfide) groups is 1. The fourth-order valence-corrected chi connectivity index (χ4v) is 5.16. The van der Waals surface area contributed by atoms with Gasteiger partial charge in [-0.05, 0) is 76.6 Å². The zero-order valence-electron chi connectivity index (χ0n) is 20.8. The molecule has 0 aliphatic carbocycles. The third-order valence-corrected chi connectivity index (χ3v) is 7.50. The van der Waals surface area contributed by atoms with E-state index in [4.69, 9.17) is 9.47 Å². The summed E-state index contributed by atoms with van der Waals surface area (Å²) in [6, 6.07) is 26.2. The first-order valence-corrected chi connectivity index (χ1v) is 13.6. The van der Waals surface area contributed by atoms with E-state index in [1.807, 2.05) is 60.7 Å². The summed E-state index contributed by atoms with van der Waals surface area (Å²) in [6.07, 6.45) is 1.67. The summed E-state index contributed by atoms with van der Waals surface area (Å²) in [5.74, 6) is 0.229. The first-order valence-electron chi connectivity index (χ1n) is 12.0. The fourth-order valence-electron chi connectivity index (χ4n) is 4.08. The van der Waals surface area contributed by atoms with Crippen LogP contribution in [0.25, 0.3) is 16.8 Å². The number of amides is 3. The summed E-state index contributed by atoms with van der Waals surface area (Å²) >= 11 is 4.24. The number of anilines is 1. The number of methoxy groups -OCH3 is 1. The summed E-state index contributed by atoms with van der Waals surface area (Å²) in [7, 11) is 1.55. The Balaban J connectivity index is 1.37. The molecule has 1 aliphatic heterocycles. The van der Waals surface area contributed by atoms with Crippen LogP contribution in [0, 0.1) is 0 Å². The minimum Gasteiger partial charge on any atom is -0.497 e. The summed E-state index contributed by atoms with van der Waals surface area (Å²) in [5, 5.41) is 4.05. The predicted molar refractivity (Wildman–Crippen MR) is 157 cm³/mol. The molecule has 0 aromatic heterocycles. The Morgan fingerprint density at radius 1 is 0.974 bits per heavy atom. The number of imide groups is 1. The largest absolute Gasteiger partial charge is 0.497 e. The number of halogens is 1. The Morgan fingerprint density at radius 3 is 2.46 bits per heavy atom. The van der Waals surface area contributed by atoms with E-state index in [2.05, 4.69) is 21.2 Å². The maximum atomic E-state index is 13.2. The molecule has 3 amide bonds. The van der Waals surface area contributed by atoms with Gasteiger partial charge in [0.1, 0.15) is 24.7 Å². The van der Waals surface area contributed by atoms with Crippen LogP contribution in [0.2, 0.25) is 0 Å². The van der Waals surface area contributed by atoms with E-state index in [9.17, 15) is 14.4 Å². The number of fused-ring (bicyclic) bond motifs is 1. The van der Waals surface area contributed by atoms with Gasteiger partial charge in [0.25, 0.3) is 11.1 Å². The van der Waals surface area contributed by atoms with Crippen molar-refractivity contribution in [1.82, 2.24) is 4.90 Å². The molecular weight excluding hydrogens is 580 g/mol. The van der Waals surface area contributed by atoms with Crippen molar-refractivity contribution in [2.45, 2.75) is 6.61 Å². The first kappa shape index (κ1) is 26.5. The molecule has 7 nitrogen and oxygen atoms in total. The molecule has 196 valence electrons. The second-order valence-corrected chi connectivity index (χ2v) is 10.6. The SMILES string of the molecule is COc1ccc(NC(=O)CN2C(=O)S/C(=C/c3c(OCc4ccc(Br)cc4)ccc4ccccc34)C2=O)cc1. The number of carbonyl (C=O) groups is 3. The molecule has 1 aliphatic rings. The third-order valence-electron chi connectivity index (χ3n) is 6.06. The van der Waals surface area contributed by atoms with Crippen molar-refractivity contribution in [3.05, 3.63) is 105 Å². The molecule has 1 N–H and O–H groups in total. The number of hydrogen-bond donors (Lipinski definition) is 1. The number of rotatable bonds is 8. The van der Waals surface area contributed by atoms with Crippen molar-refractivity contribution in [2.75, 3.05) is 19.0 Å². The fraction of sp³-hybridized carbons (Fsp3) is 0.100. The maximum Gasteiger partial charge on any atom is 0.294 e. The Morgan fingerprint density at radius 2 is 1.72 bits per heavy atom. The topological polar surface area (TPSA) is 84.9 Å². The maximum absolute atomic E-state index is 13.2. The van der Waals surface area contributed by atoms with Crippen LogP contribution in [0.4, 0.5) is 10.5 Å². The van der Waals surface area contributed by atoms with Crippen LogP contribution < -0.4 is 14.8 Å². The highest BCUT2D eigenvalue weighted by atomic mass is 79.9. The molecule has 0 spiro atoms. The lowest BCUT2D eigenvalue weighted by Gasteiger charge is -2.14.